The van der Waals surface area contributed by atoms with Crippen LogP contribution in [0.4, 0.5) is 9.18 Å². The fourth-order valence-electron chi connectivity index (χ4n) is 5.45. The summed E-state index contributed by atoms with van der Waals surface area (Å²) in [5.41, 5.74) is 1.87. The van der Waals surface area contributed by atoms with Crippen molar-refractivity contribution in [3.8, 4) is 5.69 Å². The third-order valence-electron chi connectivity index (χ3n) is 7.10. The van der Waals surface area contributed by atoms with Crippen LogP contribution in [0.25, 0.3) is 5.69 Å². The van der Waals surface area contributed by atoms with Gasteiger partial charge >= 0.3 is 6.03 Å². The molecule has 162 valence electrons. The van der Waals surface area contributed by atoms with Gasteiger partial charge in [0, 0.05) is 38.3 Å². The number of urea groups is 1. The standard InChI is InChI=1S/C22H24FN5O3/c23-13-1-3-14(4-2-13)28-8-5-17(25-28)21-15-9-27(10-16(15)21)22(30)26-7-6-19-18(11-26)24-20(29)12-31-19/h1-5,8,15-16,18-19,21H,6-7,9-12H2,(H,24,29)/t15-,16+,18-,19+,21+/m1/s1. The smallest absolute Gasteiger partial charge is 0.320 e. The number of halogens is 1. The normalized spacial score (nSPS) is 31.8. The largest absolute Gasteiger partial charge is 0.366 e. The maximum atomic E-state index is 13.1. The van der Waals surface area contributed by atoms with Gasteiger partial charge in [-0.05, 0) is 48.6 Å². The van der Waals surface area contributed by atoms with Gasteiger partial charge in [0.25, 0.3) is 0 Å². The third kappa shape index (κ3) is 3.27. The van der Waals surface area contributed by atoms with Gasteiger partial charge in [-0.25, -0.2) is 13.9 Å². The molecule has 31 heavy (non-hydrogen) atoms. The number of nitrogens with one attached hydrogen (secondary N) is 1. The molecule has 0 spiro atoms. The molecule has 0 unspecified atom stereocenters. The molecule has 4 heterocycles. The number of rotatable bonds is 2. The number of fused-ring (bicyclic) bond motifs is 2. The average Bonchev–Trinajstić information content (AvgIpc) is 3.13. The summed E-state index contributed by atoms with van der Waals surface area (Å²) in [6.45, 7) is 2.76. The van der Waals surface area contributed by atoms with Gasteiger partial charge in [0.2, 0.25) is 5.91 Å². The molecule has 6 rings (SSSR count). The van der Waals surface area contributed by atoms with E-state index in [0.29, 0.717) is 30.8 Å². The number of carbonyl (C=O) groups excluding carboxylic acids is 2. The molecule has 3 aliphatic heterocycles. The van der Waals surface area contributed by atoms with Crippen molar-refractivity contribution in [1.82, 2.24) is 24.9 Å². The number of benzene rings is 1. The second kappa shape index (κ2) is 7.05. The first-order valence-corrected chi connectivity index (χ1v) is 10.8. The first kappa shape index (κ1) is 18.8. The highest BCUT2D eigenvalue weighted by molar-refractivity contribution is 5.79. The summed E-state index contributed by atoms with van der Waals surface area (Å²) in [5.74, 6) is 0.884. The van der Waals surface area contributed by atoms with E-state index in [-0.39, 0.29) is 36.5 Å². The van der Waals surface area contributed by atoms with Gasteiger partial charge < -0.3 is 19.9 Å². The Balaban J connectivity index is 1.07. The summed E-state index contributed by atoms with van der Waals surface area (Å²) in [4.78, 5) is 28.4. The Morgan fingerprint density at radius 1 is 1.10 bits per heavy atom. The van der Waals surface area contributed by atoms with Gasteiger partial charge in [-0.3, -0.25) is 4.79 Å². The molecule has 3 amide bonds. The van der Waals surface area contributed by atoms with E-state index in [1.807, 2.05) is 22.1 Å². The van der Waals surface area contributed by atoms with Crippen molar-refractivity contribution in [2.24, 2.45) is 11.8 Å². The third-order valence-corrected chi connectivity index (χ3v) is 7.10. The zero-order valence-electron chi connectivity index (χ0n) is 17.0. The number of amides is 3. The lowest BCUT2D eigenvalue weighted by Crippen LogP contribution is -2.62. The van der Waals surface area contributed by atoms with Crippen LogP contribution in [-0.4, -0.2) is 76.5 Å². The highest BCUT2D eigenvalue weighted by Crippen LogP contribution is 2.57. The molecule has 4 aliphatic rings. The lowest BCUT2D eigenvalue weighted by atomic mass is 10.0. The zero-order valence-corrected chi connectivity index (χ0v) is 17.0. The highest BCUT2D eigenvalue weighted by Gasteiger charge is 2.58. The molecule has 1 aromatic carbocycles. The van der Waals surface area contributed by atoms with E-state index >= 15 is 0 Å². The summed E-state index contributed by atoms with van der Waals surface area (Å²) in [6, 6.07) is 8.25. The first-order valence-electron chi connectivity index (χ1n) is 10.8. The minimum atomic E-state index is -0.264. The van der Waals surface area contributed by atoms with Gasteiger partial charge in [0.15, 0.2) is 0 Å². The molecule has 4 fully saturated rings. The van der Waals surface area contributed by atoms with E-state index in [2.05, 4.69) is 5.32 Å². The summed E-state index contributed by atoms with van der Waals surface area (Å²) >= 11 is 0. The van der Waals surface area contributed by atoms with E-state index in [1.54, 1.807) is 16.8 Å². The SMILES string of the molecule is O=C1CO[C@H]2CCN(C(=O)N3C[C@@H]4[C@H](C3)[C@H]4c3ccn(-c4ccc(F)cc4)n3)C[C@H]2N1. The maximum Gasteiger partial charge on any atom is 0.320 e. The molecule has 2 aromatic rings. The van der Waals surface area contributed by atoms with Crippen molar-refractivity contribution < 1.29 is 18.7 Å². The van der Waals surface area contributed by atoms with Crippen LogP contribution in [-0.2, 0) is 9.53 Å². The summed E-state index contributed by atoms with van der Waals surface area (Å²) in [5, 5.41) is 7.64. The number of likely N-dealkylation sites (tertiary alicyclic amines) is 2. The van der Waals surface area contributed by atoms with Crippen LogP contribution in [0.3, 0.4) is 0 Å². The van der Waals surface area contributed by atoms with Crippen LogP contribution in [0.5, 0.6) is 0 Å². The predicted octanol–water partition coefficient (Wildman–Crippen LogP) is 1.37. The average molecular weight is 425 g/mol. The second-order valence-electron chi connectivity index (χ2n) is 8.96. The van der Waals surface area contributed by atoms with Crippen LogP contribution < -0.4 is 5.32 Å². The lowest BCUT2D eigenvalue weighted by Gasteiger charge is -2.42. The monoisotopic (exact) mass is 425 g/mol. The minimum Gasteiger partial charge on any atom is -0.366 e. The van der Waals surface area contributed by atoms with Crippen LogP contribution >= 0.6 is 0 Å². The van der Waals surface area contributed by atoms with Crippen LogP contribution in [0.2, 0.25) is 0 Å². The Labute approximate surface area is 178 Å². The predicted molar refractivity (Wildman–Crippen MR) is 108 cm³/mol. The Morgan fingerprint density at radius 2 is 1.87 bits per heavy atom. The van der Waals surface area contributed by atoms with E-state index in [1.165, 1.54) is 12.1 Å². The molecule has 1 aromatic heterocycles. The van der Waals surface area contributed by atoms with Crippen molar-refractivity contribution in [3.05, 3.63) is 48.0 Å². The number of ether oxygens (including phenoxy) is 1. The Hall–Kier alpha value is -2.94. The molecule has 1 N–H and O–H groups in total. The highest BCUT2D eigenvalue weighted by atomic mass is 19.1. The summed E-state index contributed by atoms with van der Waals surface area (Å²) in [6.07, 6.45) is 2.67. The van der Waals surface area contributed by atoms with Crippen LogP contribution in [0.15, 0.2) is 36.5 Å². The number of morpholine rings is 1. The number of carbonyl (C=O) groups is 2. The lowest BCUT2D eigenvalue weighted by molar-refractivity contribution is -0.139. The Bertz CT molecular complexity index is 1010. The van der Waals surface area contributed by atoms with E-state index in [4.69, 9.17) is 9.84 Å². The molecule has 5 atom stereocenters. The maximum absolute atomic E-state index is 13.1. The quantitative estimate of drug-likeness (QED) is 0.788. The molecule has 0 bridgehead atoms. The fourth-order valence-corrected chi connectivity index (χ4v) is 5.45. The number of hydrogen-bond acceptors (Lipinski definition) is 4. The van der Waals surface area contributed by atoms with E-state index < -0.39 is 0 Å². The van der Waals surface area contributed by atoms with E-state index in [9.17, 15) is 14.0 Å². The van der Waals surface area contributed by atoms with Crippen LogP contribution in [0.1, 0.15) is 18.0 Å². The fraction of sp³-hybridized carbons (Fsp3) is 0.500. The van der Waals surface area contributed by atoms with Crippen molar-refractivity contribution in [2.45, 2.75) is 24.5 Å². The number of nitrogens with zero attached hydrogens (tertiary/aromatic N) is 4. The summed E-state index contributed by atoms with van der Waals surface area (Å²) < 4.78 is 20.5. The van der Waals surface area contributed by atoms with Gasteiger partial charge in [0.05, 0.1) is 23.5 Å². The van der Waals surface area contributed by atoms with Crippen LogP contribution in [0, 0.1) is 17.7 Å². The minimum absolute atomic E-state index is 0.00864. The van der Waals surface area contributed by atoms with E-state index in [0.717, 1.165) is 30.9 Å². The zero-order chi connectivity index (χ0) is 21.1. The number of hydrogen-bond donors (Lipinski definition) is 1. The molecule has 0 radical (unpaired) electrons. The van der Waals surface area contributed by atoms with Gasteiger partial charge in [-0.15, -0.1) is 0 Å². The number of aromatic nitrogens is 2. The van der Waals surface area contributed by atoms with Crippen molar-refractivity contribution in [3.63, 3.8) is 0 Å². The van der Waals surface area contributed by atoms with Gasteiger partial charge in [0.1, 0.15) is 12.4 Å². The Kier molecular flexibility index (Phi) is 4.27. The molecule has 1 saturated carbocycles. The second-order valence-corrected chi connectivity index (χ2v) is 8.96. The number of piperidine rings is 2. The van der Waals surface area contributed by atoms with Crippen molar-refractivity contribution >= 4 is 11.9 Å². The summed E-state index contributed by atoms with van der Waals surface area (Å²) in [7, 11) is 0. The molecular weight excluding hydrogens is 401 g/mol. The molecular formula is C22H24FN5O3. The topological polar surface area (TPSA) is 79.7 Å². The molecule has 9 heteroatoms. The van der Waals surface area contributed by atoms with Crippen molar-refractivity contribution in [1.29, 1.82) is 0 Å². The molecule has 1 aliphatic carbocycles. The molecule has 3 saturated heterocycles. The van der Waals surface area contributed by atoms with Crippen molar-refractivity contribution in [2.75, 3.05) is 32.8 Å². The first-order chi connectivity index (χ1) is 15.1. The molecule has 8 nitrogen and oxygen atoms in total. The Morgan fingerprint density at radius 3 is 2.65 bits per heavy atom. The van der Waals surface area contributed by atoms with Gasteiger partial charge in [-0.2, -0.15) is 5.10 Å². The van der Waals surface area contributed by atoms with Gasteiger partial charge in [-0.1, -0.05) is 0 Å².